The van der Waals surface area contributed by atoms with E-state index in [4.69, 9.17) is 9.84 Å². The van der Waals surface area contributed by atoms with Crippen LogP contribution in [-0.2, 0) is 9.53 Å². The van der Waals surface area contributed by atoms with Gasteiger partial charge in [-0.05, 0) is 0 Å². The summed E-state index contributed by atoms with van der Waals surface area (Å²) in [6, 6.07) is 0. The van der Waals surface area contributed by atoms with E-state index in [1.165, 1.54) is 0 Å². The highest BCUT2D eigenvalue weighted by molar-refractivity contribution is 5.72. The first-order valence-corrected chi connectivity index (χ1v) is 4.20. The molecule has 2 N–H and O–H groups in total. The normalized spacial score (nSPS) is 46.0. The number of aliphatic hydroxyl groups excluding tert-OH is 2. The zero-order valence-corrected chi connectivity index (χ0v) is 6.64. The minimum absolute atomic E-state index is 0.0394. The minimum Gasteiger partial charge on any atom is -0.462 e. The van der Waals surface area contributed by atoms with Crippen molar-refractivity contribution < 1.29 is 19.7 Å². The van der Waals surface area contributed by atoms with Crippen molar-refractivity contribution in [2.45, 2.75) is 25.0 Å². The fraction of sp³-hybridized carbons (Fsp3) is 0.875. The van der Waals surface area contributed by atoms with Crippen molar-refractivity contribution in [1.82, 2.24) is 0 Å². The molecule has 1 aliphatic heterocycles. The molecule has 1 saturated heterocycles. The summed E-state index contributed by atoms with van der Waals surface area (Å²) in [6.45, 7) is -0.0566. The Morgan fingerprint density at radius 3 is 3.00 bits per heavy atom. The molecule has 4 atom stereocenters. The smallest absolute Gasteiger partial charge is 0.306 e. The maximum Gasteiger partial charge on any atom is 0.306 e. The molecule has 4 heteroatoms. The van der Waals surface area contributed by atoms with Gasteiger partial charge in [0.1, 0.15) is 6.10 Å². The van der Waals surface area contributed by atoms with Crippen LogP contribution in [0.2, 0.25) is 0 Å². The lowest BCUT2D eigenvalue weighted by atomic mass is 9.93. The van der Waals surface area contributed by atoms with Crippen LogP contribution in [0.3, 0.4) is 0 Å². The van der Waals surface area contributed by atoms with Gasteiger partial charge in [-0.15, -0.1) is 0 Å². The average Bonchev–Trinajstić information content (AvgIpc) is 2.43. The quantitative estimate of drug-likeness (QED) is 0.513. The van der Waals surface area contributed by atoms with Crippen LogP contribution in [0.1, 0.15) is 12.8 Å². The maximum atomic E-state index is 10.8. The first-order chi connectivity index (χ1) is 5.72. The van der Waals surface area contributed by atoms with Gasteiger partial charge in [0, 0.05) is 24.9 Å². The molecule has 0 spiro atoms. The first-order valence-electron chi connectivity index (χ1n) is 4.20. The molecule has 0 unspecified atom stereocenters. The molecule has 1 heterocycles. The molecule has 2 fully saturated rings. The topological polar surface area (TPSA) is 66.8 Å². The monoisotopic (exact) mass is 172 g/mol. The highest BCUT2D eigenvalue weighted by Crippen LogP contribution is 2.40. The number of aliphatic hydroxyl groups is 2. The number of rotatable bonds is 1. The Hall–Kier alpha value is -0.610. The fourth-order valence-corrected chi connectivity index (χ4v) is 2.23. The Morgan fingerprint density at radius 2 is 2.33 bits per heavy atom. The molecule has 4 nitrogen and oxygen atoms in total. The standard InChI is InChI=1S/C8H12O4/c9-3-5-4-1-8(11)12-7(4)2-6(5)10/h4-7,9-10H,1-3H2/t4-,5+,6+,7+/m1/s1. The number of hydrogen-bond donors (Lipinski definition) is 2. The van der Waals surface area contributed by atoms with Crippen LogP contribution in [0.4, 0.5) is 0 Å². The molecule has 0 aromatic carbocycles. The van der Waals surface area contributed by atoms with E-state index >= 15 is 0 Å². The van der Waals surface area contributed by atoms with Gasteiger partial charge in [0.25, 0.3) is 0 Å². The first kappa shape index (κ1) is 8.01. The Labute approximate surface area is 70.1 Å². The van der Waals surface area contributed by atoms with Crippen molar-refractivity contribution in [1.29, 1.82) is 0 Å². The van der Waals surface area contributed by atoms with E-state index in [0.717, 1.165) is 0 Å². The van der Waals surface area contributed by atoms with Gasteiger partial charge >= 0.3 is 5.97 Å². The molecular weight excluding hydrogens is 160 g/mol. The molecule has 1 aliphatic carbocycles. The number of ether oxygens (including phenoxy) is 1. The van der Waals surface area contributed by atoms with Gasteiger partial charge in [-0.1, -0.05) is 0 Å². The van der Waals surface area contributed by atoms with Gasteiger partial charge < -0.3 is 14.9 Å². The maximum absolute atomic E-state index is 10.8. The molecule has 2 aliphatic rings. The number of carbonyl (C=O) groups is 1. The largest absolute Gasteiger partial charge is 0.462 e. The van der Waals surface area contributed by atoms with Crippen LogP contribution in [0.15, 0.2) is 0 Å². The van der Waals surface area contributed by atoms with Gasteiger partial charge in [-0.2, -0.15) is 0 Å². The summed E-state index contributed by atoms with van der Waals surface area (Å²) in [7, 11) is 0. The molecule has 12 heavy (non-hydrogen) atoms. The zero-order valence-electron chi connectivity index (χ0n) is 6.64. The van der Waals surface area contributed by atoms with E-state index in [9.17, 15) is 9.90 Å². The van der Waals surface area contributed by atoms with Gasteiger partial charge in [-0.25, -0.2) is 0 Å². The highest BCUT2D eigenvalue weighted by Gasteiger charge is 2.49. The third-order valence-electron chi connectivity index (χ3n) is 2.89. The highest BCUT2D eigenvalue weighted by atomic mass is 16.6. The SMILES string of the molecule is O=C1C[C@@H]2[C@H](CO)[C@@H](O)C[C@@H]2O1. The van der Waals surface area contributed by atoms with Crippen molar-refractivity contribution in [3.8, 4) is 0 Å². The summed E-state index contributed by atoms with van der Waals surface area (Å²) in [5, 5.41) is 18.4. The zero-order chi connectivity index (χ0) is 8.72. The van der Waals surface area contributed by atoms with Crippen LogP contribution in [0.5, 0.6) is 0 Å². The average molecular weight is 172 g/mol. The van der Waals surface area contributed by atoms with Crippen LogP contribution >= 0.6 is 0 Å². The van der Waals surface area contributed by atoms with Gasteiger partial charge in [0.2, 0.25) is 0 Å². The van der Waals surface area contributed by atoms with E-state index in [-0.39, 0.29) is 30.5 Å². The third kappa shape index (κ3) is 1.03. The van der Waals surface area contributed by atoms with E-state index in [0.29, 0.717) is 12.8 Å². The van der Waals surface area contributed by atoms with E-state index in [2.05, 4.69) is 0 Å². The summed E-state index contributed by atoms with van der Waals surface area (Å²) in [4.78, 5) is 10.8. The summed E-state index contributed by atoms with van der Waals surface area (Å²) in [5.41, 5.74) is 0. The summed E-state index contributed by atoms with van der Waals surface area (Å²) >= 11 is 0. The Bertz CT molecular complexity index is 203. The second-order valence-electron chi connectivity index (χ2n) is 3.55. The van der Waals surface area contributed by atoms with Crippen LogP contribution in [-0.4, -0.2) is 35.0 Å². The summed E-state index contributed by atoms with van der Waals surface area (Å²) < 4.78 is 4.98. The third-order valence-corrected chi connectivity index (χ3v) is 2.89. The van der Waals surface area contributed by atoms with Crippen molar-refractivity contribution in [2.24, 2.45) is 11.8 Å². The van der Waals surface area contributed by atoms with Crippen molar-refractivity contribution in [3.63, 3.8) is 0 Å². The molecular formula is C8H12O4. The summed E-state index contributed by atoms with van der Waals surface area (Å²) in [5.74, 6) is -0.325. The van der Waals surface area contributed by atoms with Gasteiger partial charge in [0.15, 0.2) is 0 Å². The predicted molar refractivity (Wildman–Crippen MR) is 39.2 cm³/mol. The van der Waals surface area contributed by atoms with E-state index in [1.807, 2.05) is 0 Å². The second kappa shape index (κ2) is 2.71. The molecule has 0 radical (unpaired) electrons. The minimum atomic E-state index is -0.502. The Kier molecular flexibility index (Phi) is 1.81. The predicted octanol–water partition coefficient (Wildman–Crippen LogP) is -0.709. The molecule has 1 saturated carbocycles. The van der Waals surface area contributed by atoms with Crippen molar-refractivity contribution in [2.75, 3.05) is 6.61 Å². The van der Waals surface area contributed by atoms with Crippen LogP contribution < -0.4 is 0 Å². The van der Waals surface area contributed by atoms with Gasteiger partial charge in [-0.3, -0.25) is 4.79 Å². The molecule has 68 valence electrons. The van der Waals surface area contributed by atoms with Crippen molar-refractivity contribution in [3.05, 3.63) is 0 Å². The lowest BCUT2D eigenvalue weighted by Gasteiger charge is -2.14. The number of carbonyl (C=O) groups excluding carboxylic acids is 1. The van der Waals surface area contributed by atoms with Crippen LogP contribution in [0.25, 0.3) is 0 Å². The molecule has 0 amide bonds. The lowest BCUT2D eigenvalue weighted by Crippen LogP contribution is -2.23. The van der Waals surface area contributed by atoms with Crippen molar-refractivity contribution >= 4 is 5.97 Å². The Balaban J connectivity index is 2.11. The molecule has 0 aromatic rings. The molecule has 0 aromatic heterocycles. The van der Waals surface area contributed by atoms with Crippen LogP contribution in [0, 0.1) is 11.8 Å². The van der Waals surface area contributed by atoms with E-state index in [1.54, 1.807) is 0 Å². The number of esters is 1. The fourth-order valence-electron chi connectivity index (χ4n) is 2.23. The summed E-state index contributed by atoms with van der Waals surface area (Å²) in [6.07, 6.45) is 0.192. The lowest BCUT2D eigenvalue weighted by molar-refractivity contribution is -0.141. The number of hydrogen-bond acceptors (Lipinski definition) is 4. The van der Waals surface area contributed by atoms with Gasteiger partial charge in [0.05, 0.1) is 12.5 Å². The number of fused-ring (bicyclic) bond motifs is 1. The Morgan fingerprint density at radius 1 is 1.58 bits per heavy atom. The molecule has 2 rings (SSSR count). The molecule has 0 bridgehead atoms. The van der Waals surface area contributed by atoms with E-state index < -0.39 is 6.10 Å². The second-order valence-corrected chi connectivity index (χ2v) is 3.55.